The van der Waals surface area contributed by atoms with E-state index in [4.69, 9.17) is 0 Å². The van der Waals surface area contributed by atoms with Crippen LogP contribution >= 0.6 is 0 Å². The number of hydrogen-bond donors (Lipinski definition) is 1. The minimum absolute atomic E-state index is 0.183. The highest BCUT2D eigenvalue weighted by molar-refractivity contribution is 6.12. The molecule has 5 heteroatoms. The monoisotopic (exact) mass is 288 g/mol. The van der Waals surface area contributed by atoms with E-state index in [1.165, 1.54) is 12.2 Å². The number of imide groups is 1. The highest BCUT2D eigenvalue weighted by Crippen LogP contribution is 2.04. The van der Waals surface area contributed by atoms with Gasteiger partial charge in [0.15, 0.2) is 0 Å². The maximum atomic E-state index is 11.8. The van der Waals surface area contributed by atoms with Crippen molar-refractivity contribution in [2.75, 3.05) is 13.1 Å². The molecule has 1 aliphatic heterocycles. The molecule has 0 fully saturated rings. The lowest BCUT2D eigenvalue weighted by Gasteiger charge is -2.14. The molecule has 0 aromatic heterocycles. The van der Waals surface area contributed by atoms with Crippen molar-refractivity contribution in [1.29, 1.82) is 0 Å². The number of amides is 3. The molecule has 0 bridgehead atoms. The standard InChI is InChI=1S/C14H14N2O3.C2H6/c1-10-2-4-11(5-3-10)14(19)15-8-9-16-12(17)6-7-13(16)18;1-2/h2-7H,8-9H2,1H3,(H,15,19);1-2H3. The maximum Gasteiger partial charge on any atom is 0.253 e. The number of rotatable bonds is 4. The lowest BCUT2D eigenvalue weighted by Crippen LogP contribution is -2.38. The molecule has 0 radical (unpaired) electrons. The fourth-order valence-corrected chi connectivity index (χ4v) is 1.74. The summed E-state index contributed by atoms with van der Waals surface area (Å²) in [5, 5.41) is 2.67. The number of nitrogens with one attached hydrogen (secondary N) is 1. The summed E-state index contributed by atoms with van der Waals surface area (Å²) >= 11 is 0. The Morgan fingerprint density at radius 2 is 1.57 bits per heavy atom. The first-order valence-electron chi connectivity index (χ1n) is 6.96. The van der Waals surface area contributed by atoms with Crippen molar-refractivity contribution < 1.29 is 14.4 Å². The van der Waals surface area contributed by atoms with Crippen LogP contribution in [0.2, 0.25) is 0 Å². The number of aryl methyl sites for hydroxylation is 1. The SMILES string of the molecule is CC.Cc1ccc(C(=O)NCCN2C(=O)C=CC2=O)cc1. The summed E-state index contributed by atoms with van der Waals surface area (Å²) in [5.41, 5.74) is 1.64. The number of carbonyl (C=O) groups is 3. The van der Waals surface area contributed by atoms with Crippen LogP contribution in [0.25, 0.3) is 0 Å². The van der Waals surface area contributed by atoms with E-state index in [2.05, 4.69) is 5.32 Å². The Morgan fingerprint density at radius 1 is 1.05 bits per heavy atom. The molecule has 0 unspecified atom stereocenters. The van der Waals surface area contributed by atoms with Crippen LogP contribution in [0.1, 0.15) is 29.8 Å². The summed E-state index contributed by atoms with van der Waals surface area (Å²) < 4.78 is 0. The van der Waals surface area contributed by atoms with E-state index in [-0.39, 0.29) is 30.8 Å². The molecule has 1 N–H and O–H groups in total. The van der Waals surface area contributed by atoms with E-state index in [1.54, 1.807) is 12.1 Å². The minimum Gasteiger partial charge on any atom is -0.350 e. The Morgan fingerprint density at radius 3 is 2.10 bits per heavy atom. The summed E-state index contributed by atoms with van der Waals surface area (Å²) in [7, 11) is 0. The zero-order valence-electron chi connectivity index (χ0n) is 12.6. The number of hydrogen-bond acceptors (Lipinski definition) is 3. The molecule has 1 aliphatic rings. The summed E-state index contributed by atoms with van der Waals surface area (Å²) in [6.45, 7) is 6.37. The van der Waals surface area contributed by atoms with Gasteiger partial charge in [-0.1, -0.05) is 31.5 Å². The van der Waals surface area contributed by atoms with Crippen LogP contribution in [0, 0.1) is 6.92 Å². The average Bonchev–Trinajstić information content (AvgIpc) is 2.81. The Labute approximate surface area is 124 Å². The van der Waals surface area contributed by atoms with Gasteiger partial charge in [0.1, 0.15) is 0 Å². The zero-order valence-corrected chi connectivity index (χ0v) is 12.6. The van der Waals surface area contributed by atoms with Gasteiger partial charge < -0.3 is 5.32 Å². The van der Waals surface area contributed by atoms with Crippen molar-refractivity contribution >= 4 is 17.7 Å². The molecule has 1 aromatic carbocycles. The number of nitrogens with zero attached hydrogens (tertiary/aromatic N) is 1. The van der Waals surface area contributed by atoms with E-state index >= 15 is 0 Å². The van der Waals surface area contributed by atoms with Crippen LogP contribution in [0.5, 0.6) is 0 Å². The quantitative estimate of drug-likeness (QED) is 0.857. The molecular formula is C16H20N2O3. The van der Waals surface area contributed by atoms with Gasteiger partial charge in [0.2, 0.25) is 0 Å². The third-order valence-electron chi connectivity index (χ3n) is 2.84. The molecule has 0 aliphatic carbocycles. The minimum atomic E-state index is -0.338. The highest BCUT2D eigenvalue weighted by atomic mass is 16.2. The van der Waals surface area contributed by atoms with Crippen molar-refractivity contribution in [3.63, 3.8) is 0 Å². The van der Waals surface area contributed by atoms with Crippen molar-refractivity contribution in [2.24, 2.45) is 0 Å². The highest BCUT2D eigenvalue weighted by Gasteiger charge is 2.22. The Hall–Kier alpha value is -2.43. The molecule has 1 heterocycles. The van der Waals surface area contributed by atoms with Gasteiger partial charge in [-0.25, -0.2) is 0 Å². The van der Waals surface area contributed by atoms with Crippen LogP contribution < -0.4 is 5.32 Å². The first kappa shape index (κ1) is 16.6. The van der Waals surface area contributed by atoms with E-state index in [1.807, 2.05) is 32.9 Å². The largest absolute Gasteiger partial charge is 0.350 e. The van der Waals surface area contributed by atoms with Crippen molar-refractivity contribution in [1.82, 2.24) is 10.2 Å². The molecule has 1 aromatic rings. The van der Waals surface area contributed by atoms with Gasteiger partial charge in [0.05, 0.1) is 0 Å². The molecule has 21 heavy (non-hydrogen) atoms. The van der Waals surface area contributed by atoms with Crippen LogP contribution in [-0.2, 0) is 9.59 Å². The number of benzene rings is 1. The van der Waals surface area contributed by atoms with E-state index in [9.17, 15) is 14.4 Å². The van der Waals surface area contributed by atoms with Gasteiger partial charge in [0.25, 0.3) is 17.7 Å². The average molecular weight is 288 g/mol. The first-order chi connectivity index (χ1) is 10.1. The number of carbonyl (C=O) groups excluding carboxylic acids is 3. The van der Waals surface area contributed by atoms with Gasteiger partial charge in [0, 0.05) is 30.8 Å². The van der Waals surface area contributed by atoms with Crippen LogP contribution in [-0.4, -0.2) is 35.7 Å². The molecule has 0 atom stereocenters. The maximum absolute atomic E-state index is 11.8. The van der Waals surface area contributed by atoms with Crippen molar-refractivity contribution in [2.45, 2.75) is 20.8 Å². The predicted molar refractivity (Wildman–Crippen MR) is 80.7 cm³/mol. The van der Waals surface area contributed by atoms with E-state index < -0.39 is 0 Å². The Bertz CT molecular complexity index is 529. The van der Waals surface area contributed by atoms with Crippen LogP contribution in [0.4, 0.5) is 0 Å². The lowest BCUT2D eigenvalue weighted by molar-refractivity contribution is -0.136. The van der Waals surface area contributed by atoms with Crippen LogP contribution in [0.3, 0.4) is 0 Å². The molecule has 0 saturated carbocycles. The van der Waals surface area contributed by atoms with Gasteiger partial charge >= 0.3 is 0 Å². The van der Waals surface area contributed by atoms with E-state index in [0.717, 1.165) is 10.5 Å². The smallest absolute Gasteiger partial charge is 0.253 e. The van der Waals surface area contributed by atoms with Crippen LogP contribution in [0.15, 0.2) is 36.4 Å². The first-order valence-corrected chi connectivity index (χ1v) is 6.96. The van der Waals surface area contributed by atoms with Crippen molar-refractivity contribution in [3.8, 4) is 0 Å². The van der Waals surface area contributed by atoms with Gasteiger partial charge in [-0.2, -0.15) is 0 Å². The third-order valence-corrected chi connectivity index (χ3v) is 2.84. The van der Waals surface area contributed by atoms with Gasteiger partial charge in [-0.05, 0) is 19.1 Å². The molecule has 2 rings (SSSR count). The molecular weight excluding hydrogens is 268 g/mol. The second-order valence-corrected chi connectivity index (χ2v) is 4.28. The fourth-order valence-electron chi connectivity index (χ4n) is 1.74. The summed E-state index contributed by atoms with van der Waals surface area (Å²) in [5.74, 6) is -0.892. The molecule has 0 saturated heterocycles. The van der Waals surface area contributed by atoms with Gasteiger partial charge in [-0.15, -0.1) is 0 Å². The molecule has 112 valence electrons. The Balaban J connectivity index is 0.00000106. The fraction of sp³-hybridized carbons (Fsp3) is 0.312. The molecule has 0 spiro atoms. The summed E-state index contributed by atoms with van der Waals surface area (Å²) in [4.78, 5) is 35.4. The summed E-state index contributed by atoms with van der Waals surface area (Å²) in [6, 6.07) is 7.18. The van der Waals surface area contributed by atoms with E-state index in [0.29, 0.717) is 5.56 Å². The normalized spacial score (nSPS) is 13.0. The topological polar surface area (TPSA) is 66.5 Å². The summed E-state index contributed by atoms with van der Waals surface area (Å²) in [6.07, 6.45) is 2.45. The molecule has 3 amide bonds. The lowest BCUT2D eigenvalue weighted by atomic mass is 10.1. The third kappa shape index (κ3) is 4.56. The van der Waals surface area contributed by atoms with Gasteiger partial charge in [-0.3, -0.25) is 19.3 Å². The molecule has 5 nitrogen and oxygen atoms in total. The van der Waals surface area contributed by atoms with Crippen molar-refractivity contribution in [3.05, 3.63) is 47.5 Å². The zero-order chi connectivity index (χ0) is 15.8. The second kappa shape index (κ2) is 7.99. The second-order valence-electron chi connectivity index (χ2n) is 4.28. The predicted octanol–water partition coefficient (Wildman–Crippen LogP) is 1.68. The Kier molecular flexibility index (Phi) is 6.33.